The fourth-order valence-corrected chi connectivity index (χ4v) is 2.30. The van der Waals surface area contributed by atoms with E-state index in [0.717, 1.165) is 5.56 Å². The molecule has 0 saturated heterocycles. The summed E-state index contributed by atoms with van der Waals surface area (Å²) in [5.74, 6) is -0.966. The second-order valence-electron chi connectivity index (χ2n) is 4.28. The summed E-state index contributed by atoms with van der Waals surface area (Å²) in [5, 5.41) is 13.0. The number of hydrogen-bond acceptors (Lipinski definition) is 3. The number of nitrogens with one attached hydrogen (secondary N) is 1. The van der Waals surface area contributed by atoms with Crippen LogP contribution in [0.25, 0.3) is 0 Å². The molecule has 0 spiro atoms. The van der Waals surface area contributed by atoms with Gasteiger partial charge in [0.25, 0.3) is 0 Å². The number of carboxylic acid groups (broad SMARTS) is 1. The highest BCUT2D eigenvalue weighted by Gasteiger charge is 2.21. The minimum Gasteiger partial charge on any atom is -0.479 e. The van der Waals surface area contributed by atoms with Crippen molar-refractivity contribution in [3.63, 3.8) is 0 Å². The van der Waals surface area contributed by atoms with Crippen molar-refractivity contribution in [2.75, 3.05) is 5.32 Å². The summed E-state index contributed by atoms with van der Waals surface area (Å²) < 4.78 is 0.705. The Morgan fingerprint density at radius 2 is 2.20 bits per heavy atom. The van der Waals surface area contributed by atoms with E-state index in [1.807, 2.05) is 6.92 Å². The fraction of sp³-hybridized carbons (Fsp3) is 0.143. The van der Waals surface area contributed by atoms with Gasteiger partial charge in [0.15, 0.2) is 6.04 Å². The van der Waals surface area contributed by atoms with Gasteiger partial charge in [0.05, 0.1) is 5.02 Å². The van der Waals surface area contributed by atoms with Gasteiger partial charge in [0.1, 0.15) is 0 Å². The number of hydrogen-bond donors (Lipinski definition) is 2. The lowest BCUT2D eigenvalue weighted by molar-refractivity contribution is -0.138. The molecule has 1 heterocycles. The smallest absolute Gasteiger partial charge is 0.330 e. The minimum atomic E-state index is -0.966. The molecule has 2 aromatic rings. The highest BCUT2D eigenvalue weighted by molar-refractivity contribution is 9.10. The van der Waals surface area contributed by atoms with Crippen molar-refractivity contribution in [1.29, 1.82) is 0 Å². The predicted molar refractivity (Wildman–Crippen MR) is 82.1 cm³/mol. The maximum atomic E-state index is 11.5. The molecule has 20 heavy (non-hydrogen) atoms. The van der Waals surface area contributed by atoms with Crippen molar-refractivity contribution >= 4 is 39.2 Å². The summed E-state index contributed by atoms with van der Waals surface area (Å²) in [4.78, 5) is 15.5. The fourth-order valence-electron chi connectivity index (χ4n) is 1.80. The normalized spacial score (nSPS) is 11.9. The number of aryl methyl sites for hydroxylation is 1. The van der Waals surface area contributed by atoms with Crippen LogP contribution in [0.4, 0.5) is 5.69 Å². The number of benzene rings is 1. The zero-order valence-electron chi connectivity index (χ0n) is 10.6. The van der Waals surface area contributed by atoms with Gasteiger partial charge in [0.2, 0.25) is 0 Å². The third-order valence-corrected chi connectivity index (χ3v) is 4.08. The maximum absolute atomic E-state index is 11.5. The summed E-state index contributed by atoms with van der Waals surface area (Å²) in [6.45, 7) is 1.85. The van der Waals surface area contributed by atoms with E-state index in [1.165, 1.54) is 0 Å². The second-order valence-corrected chi connectivity index (χ2v) is 5.54. The van der Waals surface area contributed by atoms with E-state index < -0.39 is 12.0 Å². The molecule has 1 atom stereocenters. The number of carbonyl (C=O) groups is 1. The Balaban J connectivity index is 2.33. The third kappa shape index (κ3) is 3.29. The lowest BCUT2D eigenvalue weighted by Crippen LogP contribution is -2.21. The van der Waals surface area contributed by atoms with Gasteiger partial charge in [0, 0.05) is 28.1 Å². The second kappa shape index (κ2) is 6.24. The number of anilines is 1. The molecule has 1 unspecified atom stereocenters. The van der Waals surface area contributed by atoms with Gasteiger partial charge in [-0.05, 0) is 52.7 Å². The Labute approximate surface area is 129 Å². The quantitative estimate of drug-likeness (QED) is 0.869. The molecule has 6 heteroatoms. The SMILES string of the molecule is Cc1ccncc1C(Nc1ccc(Cl)c(Br)c1)C(=O)O. The summed E-state index contributed by atoms with van der Waals surface area (Å²) in [6.07, 6.45) is 3.20. The Morgan fingerprint density at radius 3 is 2.80 bits per heavy atom. The van der Waals surface area contributed by atoms with Crippen molar-refractivity contribution in [2.24, 2.45) is 0 Å². The standard InChI is InChI=1S/C14H12BrClN2O2/c1-8-4-5-17-7-10(8)13(14(19)20)18-9-2-3-12(16)11(15)6-9/h2-7,13,18H,1H3,(H,19,20). The summed E-state index contributed by atoms with van der Waals surface area (Å²) in [5.41, 5.74) is 2.16. The molecular formula is C14H12BrClN2O2. The van der Waals surface area contributed by atoms with Gasteiger partial charge < -0.3 is 10.4 Å². The van der Waals surface area contributed by atoms with Crippen LogP contribution in [0.5, 0.6) is 0 Å². The minimum absolute atomic E-state index is 0.569. The Hall–Kier alpha value is -1.59. The molecule has 0 aliphatic heterocycles. The average Bonchev–Trinajstić information content (AvgIpc) is 2.41. The Bertz CT molecular complexity index is 649. The number of nitrogens with zero attached hydrogens (tertiary/aromatic N) is 1. The highest BCUT2D eigenvalue weighted by Crippen LogP contribution is 2.28. The van der Waals surface area contributed by atoms with Crippen LogP contribution in [0, 0.1) is 6.92 Å². The Morgan fingerprint density at radius 1 is 1.45 bits per heavy atom. The molecule has 1 aromatic carbocycles. The molecule has 4 nitrogen and oxygen atoms in total. The van der Waals surface area contributed by atoms with Crippen LogP contribution in [-0.4, -0.2) is 16.1 Å². The van der Waals surface area contributed by atoms with Crippen molar-refractivity contribution in [3.8, 4) is 0 Å². The number of rotatable bonds is 4. The molecule has 0 bridgehead atoms. The molecule has 1 aromatic heterocycles. The molecule has 0 saturated carbocycles. The van der Waals surface area contributed by atoms with Crippen LogP contribution < -0.4 is 5.32 Å². The largest absolute Gasteiger partial charge is 0.479 e. The van der Waals surface area contributed by atoms with E-state index in [9.17, 15) is 9.90 Å². The van der Waals surface area contributed by atoms with Gasteiger partial charge in [-0.15, -0.1) is 0 Å². The number of aliphatic carboxylic acids is 1. The molecule has 2 rings (SSSR count). The van der Waals surface area contributed by atoms with Gasteiger partial charge in [-0.1, -0.05) is 11.6 Å². The van der Waals surface area contributed by atoms with Gasteiger partial charge in [-0.25, -0.2) is 4.79 Å². The molecule has 0 amide bonds. The number of halogens is 2. The van der Waals surface area contributed by atoms with E-state index in [4.69, 9.17) is 11.6 Å². The zero-order valence-corrected chi connectivity index (χ0v) is 12.9. The molecule has 0 aliphatic carbocycles. The van der Waals surface area contributed by atoms with Crippen molar-refractivity contribution < 1.29 is 9.90 Å². The Kier molecular flexibility index (Phi) is 4.62. The molecule has 0 aliphatic rings. The van der Waals surface area contributed by atoms with Crippen molar-refractivity contribution in [1.82, 2.24) is 4.98 Å². The zero-order chi connectivity index (χ0) is 14.7. The molecule has 0 fully saturated rings. The summed E-state index contributed by atoms with van der Waals surface area (Å²) in [6, 6.07) is 6.09. The first kappa shape index (κ1) is 14.8. The lowest BCUT2D eigenvalue weighted by Gasteiger charge is -2.18. The van der Waals surface area contributed by atoms with Gasteiger partial charge >= 0.3 is 5.97 Å². The van der Waals surface area contributed by atoms with E-state index in [0.29, 0.717) is 20.7 Å². The van der Waals surface area contributed by atoms with E-state index in [-0.39, 0.29) is 0 Å². The molecular weight excluding hydrogens is 344 g/mol. The molecule has 104 valence electrons. The number of pyridine rings is 1. The molecule has 2 N–H and O–H groups in total. The summed E-state index contributed by atoms with van der Waals surface area (Å²) in [7, 11) is 0. The average molecular weight is 356 g/mol. The predicted octanol–water partition coefficient (Wildman–Crippen LogP) is 4.04. The first-order chi connectivity index (χ1) is 9.49. The van der Waals surface area contributed by atoms with E-state index in [2.05, 4.69) is 26.2 Å². The van der Waals surface area contributed by atoms with Crippen LogP contribution in [-0.2, 0) is 4.79 Å². The van der Waals surface area contributed by atoms with Crippen molar-refractivity contribution in [2.45, 2.75) is 13.0 Å². The number of aromatic nitrogens is 1. The van der Waals surface area contributed by atoms with Crippen LogP contribution in [0.15, 0.2) is 41.1 Å². The monoisotopic (exact) mass is 354 g/mol. The van der Waals surface area contributed by atoms with Crippen LogP contribution in [0.3, 0.4) is 0 Å². The first-order valence-corrected chi connectivity index (χ1v) is 7.01. The van der Waals surface area contributed by atoms with E-state index in [1.54, 1.807) is 36.7 Å². The highest BCUT2D eigenvalue weighted by atomic mass is 79.9. The molecule has 0 radical (unpaired) electrons. The number of carboxylic acids is 1. The van der Waals surface area contributed by atoms with Crippen LogP contribution in [0.1, 0.15) is 17.2 Å². The lowest BCUT2D eigenvalue weighted by atomic mass is 10.0. The van der Waals surface area contributed by atoms with Gasteiger partial charge in [-0.3, -0.25) is 4.98 Å². The van der Waals surface area contributed by atoms with Crippen LogP contribution >= 0.6 is 27.5 Å². The summed E-state index contributed by atoms with van der Waals surface area (Å²) >= 11 is 9.23. The van der Waals surface area contributed by atoms with Crippen molar-refractivity contribution in [3.05, 3.63) is 57.3 Å². The third-order valence-electron chi connectivity index (χ3n) is 2.87. The van der Waals surface area contributed by atoms with E-state index >= 15 is 0 Å². The van der Waals surface area contributed by atoms with Crippen LogP contribution in [0.2, 0.25) is 5.02 Å². The maximum Gasteiger partial charge on any atom is 0.330 e. The topological polar surface area (TPSA) is 62.2 Å². The van der Waals surface area contributed by atoms with Gasteiger partial charge in [-0.2, -0.15) is 0 Å². The first-order valence-electron chi connectivity index (χ1n) is 5.84.